The van der Waals surface area contributed by atoms with Crippen molar-refractivity contribution in [2.24, 2.45) is 5.92 Å². The maximum Gasteiger partial charge on any atom is 0.308 e. The molecule has 2 aliphatic rings. The quantitative estimate of drug-likeness (QED) is 0.828. The maximum absolute atomic E-state index is 12.8. The maximum atomic E-state index is 12.8. The number of hydrogen-bond donors (Lipinski definition) is 1. The van der Waals surface area contributed by atoms with Crippen LogP contribution in [0.15, 0.2) is 23.1 Å². The molecule has 1 amide bonds. The van der Waals surface area contributed by atoms with Crippen molar-refractivity contribution in [2.45, 2.75) is 30.6 Å². The summed E-state index contributed by atoms with van der Waals surface area (Å²) in [5.74, 6) is -1.02. The van der Waals surface area contributed by atoms with Crippen LogP contribution < -0.4 is 5.32 Å². The van der Waals surface area contributed by atoms with Gasteiger partial charge in [0.1, 0.15) is 0 Å². The SMILES string of the molecule is COC(=O)C1CCN(S(=O)(=O)c2ccc3c(c2)[C@@H](C)C(=O)N3)CC1. The third-order valence-corrected chi connectivity index (χ3v) is 6.66. The van der Waals surface area contributed by atoms with E-state index in [1.165, 1.54) is 17.5 Å². The Morgan fingerprint density at radius 3 is 2.58 bits per heavy atom. The summed E-state index contributed by atoms with van der Waals surface area (Å²) in [5, 5.41) is 2.73. The van der Waals surface area contributed by atoms with Crippen molar-refractivity contribution in [1.29, 1.82) is 0 Å². The van der Waals surface area contributed by atoms with Crippen LogP contribution in [-0.2, 0) is 24.3 Å². The Balaban J connectivity index is 1.80. The first-order valence-corrected chi connectivity index (χ1v) is 9.31. The van der Waals surface area contributed by atoms with E-state index < -0.39 is 10.0 Å². The predicted molar refractivity (Wildman–Crippen MR) is 87.0 cm³/mol. The van der Waals surface area contributed by atoms with Crippen LogP contribution in [0.5, 0.6) is 0 Å². The number of ether oxygens (including phenoxy) is 1. The lowest BCUT2D eigenvalue weighted by Gasteiger charge is -2.30. The van der Waals surface area contributed by atoms with Crippen LogP contribution in [0, 0.1) is 5.92 Å². The summed E-state index contributed by atoms with van der Waals surface area (Å²) in [5.41, 5.74) is 1.36. The van der Waals surface area contributed by atoms with E-state index in [4.69, 9.17) is 4.74 Å². The molecule has 2 aliphatic heterocycles. The first-order valence-electron chi connectivity index (χ1n) is 7.87. The van der Waals surface area contributed by atoms with Crippen LogP contribution in [0.25, 0.3) is 0 Å². The second-order valence-electron chi connectivity index (χ2n) is 6.16. The molecule has 24 heavy (non-hydrogen) atoms. The molecule has 0 aliphatic carbocycles. The fourth-order valence-electron chi connectivity index (χ4n) is 3.20. The molecule has 0 aromatic heterocycles. The van der Waals surface area contributed by atoms with Gasteiger partial charge in [-0.25, -0.2) is 8.42 Å². The molecule has 8 heteroatoms. The summed E-state index contributed by atoms with van der Waals surface area (Å²) >= 11 is 0. The van der Waals surface area contributed by atoms with Crippen molar-refractivity contribution >= 4 is 27.6 Å². The van der Waals surface area contributed by atoms with E-state index >= 15 is 0 Å². The third kappa shape index (κ3) is 2.80. The molecule has 0 saturated carbocycles. The van der Waals surface area contributed by atoms with Crippen molar-refractivity contribution < 1.29 is 22.7 Å². The second kappa shape index (κ2) is 6.18. The topological polar surface area (TPSA) is 92.8 Å². The van der Waals surface area contributed by atoms with Gasteiger partial charge < -0.3 is 10.1 Å². The Morgan fingerprint density at radius 2 is 1.96 bits per heavy atom. The molecule has 1 aromatic rings. The van der Waals surface area contributed by atoms with E-state index in [9.17, 15) is 18.0 Å². The van der Waals surface area contributed by atoms with E-state index in [2.05, 4.69) is 5.32 Å². The molecule has 1 N–H and O–H groups in total. The molecule has 3 rings (SSSR count). The summed E-state index contributed by atoms with van der Waals surface area (Å²) in [7, 11) is -2.30. The number of anilines is 1. The third-order valence-electron chi connectivity index (χ3n) is 4.77. The Labute approximate surface area is 141 Å². The number of rotatable bonds is 3. The molecule has 1 fully saturated rings. The average Bonchev–Trinajstić information content (AvgIpc) is 2.88. The molecule has 130 valence electrons. The van der Waals surface area contributed by atoms with Gasteiger partial charge in [0.05, 0.1) is 23.8 Å². The van der Waals surface area contributed by atoms with E-state index in [-0.39, 0.29) is 41.7 Å². The summed E-state index contributed by atoms with van der Waals surface area (Å²) in [4.78, 5) is 23.4. The minimum Gasteiger partial charge on any atom is -0.469 e. The summed E-state index contributed by atoms with van der Waals surface area (Å²) < 4.78 is 31.8. The predicted octanol–water partition coefficient (Wildman–Crippen LogP) is 1.32. The largest absolute Gasteiger partial charge is 0.469 e. The van der Waals surface area contributed by atoms with Gasteiger partial charge >= 0.3 is 5.97 Å². The number of carbonyl (C=O) groups is 2. The molecule has 0 unspecified atom stereocenters. The zero-order valence-electron chi connectivity index (χ0n) is 13.6. The van der Waals surface area contributed by atoms with Gasteiger partial charge in [-0.3, -0.25) is 9.59 Å². The van der Waals surface area contributed by atoms with E-state index in [1.54, 1.807) is 19.1 Å². The van der Waals surface area contributed by atoms with Crippen LogP contribution >= 0.6 is 0 Å². The molecular formula is C16H20N2O5S. The number of carbonyl (C=O) groups excluding carboxylic acids is 2. The molecule has 0 radical (unpaired) electrons. The van der Waals surface area contributed by atoms with Gasteiger partial charge in [0.25, 0.3) is 0 Å². The molecule has 1 atom stereocenters. The molecule has 0 bridgehead atoms. The van der Waals surface area contributed by atoms with Crippen LogP contribution in [0.4, 0.5) is 5.69 Å². The van der Waals surface area contributed by atoms with Crippen LogP contribution in [-0.4, -0.2) is 44.8 Å². The summed E-state index contributed by atoms with van der Waals surface area (Å²) in [6, 6.07) is 4.71. The molecule has 2 heterocycles. The Morgan fingerprint density at radius 1 is 1.29 bits per heavy atom. The number of fused-ring (bicyclic) bond motifs is 1. The van der Waals surface area contributed by atoms with Crippen LogP contribution in [0.1, 0.15) is 31.2 Å². The van der Waals surface area contributed by atoms with Gasteiger partial charge in [-0.05, 0) is 43.5 Å². The van der Waals surface area contributed by atoms with Gasteiger partial charge in [-0.2, -0.15) is 4.31 Å². The lowest BCUT2D eigenvalue weighted by atomic mass is 9.99. The molecule has 7 nitrogen and oxygen atoms in total. The fraction of sp³-hybridized carbons (Fsp3) is 0.500. The molecule has 1 saturated heterocycles. The average molecular weight is 352 g/mol. The van der Waals surface area contributed by atoms with E-state index in [1.807, 2.05) is 0 Å². The van der Waals surface area contributed by atoms with Crippen molar-refractivity contribution in [3.63, 3.8) is 0 Å². The van der Waals surface area contributed by atoms with Crippen LogP contribution in [0.3, 0.4) is 0 Å². The standard InChI is InChI=1S/C16H20N2O5S/c1-10-13-9-12(3-4-14(13)17-15(10)19)24(21,22)18-7-5-11(6-8-18)16(20)23-2/h3-4,9-11H,5-8H2,1-2H3,(H,17,19)/t10-/m1/s1. The van der Waals surface area contributed by atoms with Crippen molar-refractivity contribution in [1.82, 2.24) is 4.31 Å². The summed E-state index contributed by atoms with van der Waals surface area (Å²) in [6.07, 6.45) is 0.903. The lowest BCUT2D eigenvalue weighted by Crippen LogP contribution is -2.40. The number of benzene rings is 1. The second-order valence-corrected chi connectivity index (χ2v) is 8.10. The summed E-state index contributed by atoms with van der Waals surface area (Å²) in [6.45, 7) is 2.32. The molecule has 0 spiro atoms. The van der Waals surface area contributed by atoms with Gasteiger partial charge in [0.2, 0.25) is 15.9 Å². The first kappa shape index (κ1) is 16.9. The van der Waals surface area contributed by atoms with E-state index in [0.717, 1.165) is 0 Å². The lowest BCUT2D eigenvalue weighted by molar-refractivity contribution is -0.146. The van der Waals surface area contributed by atoms with E-state index in [0.29, 0.717) is 24.1 Å². The Hall–Kier alpha value is -1.93. The number of nitrogens with zero attached hydrogens (tertiary/aromatic N) is 1. The first-order chi connectivity index (χ1) is 11.3. The van der Waals surface area contributed by atoms with Crippen LogP contribution in [0.2, 0.25) is 0 Å². The Kier molecular flexibility index (Phi) is 4.35. The van der Waals surface area contributed by atoms with Gasteiger partial charge in [0.15, 0.2) is 0 Å². The zero-order valence-corrected chi connectivity index (χ0v) is 14.4. The van der Waals surface area contributed by atoms with Crippen molar-refractivity contribution in [2.75, 3.05) is 25.5 Å². The van der Waals surface area contributed by atoms with Gasteiger partial charge in [-0.15, -0.1) is 0 Å². The van der Waals surface area contributed by atoms with Crippen molar-refractivity contribution in [3.05, 3.63) is 23.8 Å². The highest BCUT2D eigenvalue weighted by atomic mass is 32.2. The number of methoxy groups -OCH3 is 1. The zero-order chi connectivity index (χ0) is 17.5. The number of esters is 1. The minimum atomic E-state index is -3.64. The Bertz CT molecular complexity index is 782. The number of nitrogens with one attached hydrogen (secondary N) is 1. The highest BCUT2D eigenvalue weighted by Crippen LogP contribution is 2.35. The highest BCUT2D eigenvalue weighted by molar-refractivity contribution is 7.89. The highest BCUT2D eigenvalue weighted by Gasteiger charge is 2.34. The minimum absolute atomic E-state index is 0.126. The number of amides is 1. The van der Waals surface area contributed by atoms with Crippen molar-refractivity contribution in [3.8, 4) is 0 Å². The van der Waals surface area contributed by atoms with Gasteiger partial charge in [-0.1, -0.05) is 0 Å². The monoisotopic (exact) mass is 352 g/mol. The fourth-order valence-corrected chi connectivity index (χ4v) is 4.71. The molecule has 1 aromatic carbocycles. The number of sulfonamides is 1. The molecular weight excluding hydrogens is 332 g/mol. The number of hydrogen-bond acceptors (Lipinski definition) is 5. The number of piperidine rings is 1. The van der Waals surface area contributed by atoms with Gasteiger partial charge in [0, 0.05) is 18.8 Å². The normalized spacial score (nSPS) is 22.1. The smallest absolute Gasteiger partial charge is 0.308 e.